The third-order valence-corrected chi connectivity index (χ3v) is 6.07. The number of rotatable bonds is 4. The molecular weight excluding hydrogens is 264 g/mol. The topological polar surface area (TPSA) is 0 Å². The van der Waals surface area contributed by atoms with Gasteiger partial charge < -0.3 is 0 Å². The molecule has 0 atom stereocenters. The van der Waals surface area contributed by atoms with Crippen LogP contribution in [0, 0.1) is 30.6 Å². The van der Waals surface area contributed by atoms with Gasteiger partial charge in [0.1, 0.15) is 0 Å². The van der Waals surface area contributed by atoms with Crippen molar-refractivity contribution in [2.75, 3.05) is 0 Å². The highest BCUT2D eigenvalue weighted by atomic mass is 14.3. The molecule has 0 aliphatic heterocycles. The Balaban J connectivity index is 1.39. The molecule has 0 unspecified atom stereocenters. The Bertz CT molecular complexity index is 428. The van der Waals surface area contributed by atoms with E-state index in [1.54, 1.807) is 0 Å². The SMILES string of the molecule is Cc1ccc(CC[C]2CCC([C]3CCC(C)CC3)CC2)cc1. The van der Waals surface area contributed by atoms with Crippen molar-refractivity contribution < 1.29 is 0 Å². The van der Waals surface area contributed by atoms with Crippen molar-refractivity contribution in [3.63, 3.8) is 0 Å². The molecule has 0 saturated heterocycles. The van der Waals surface area contributed by atoms with Crippen LogP contribution < -0.4 is 0 Å². The maximum atomic E-state index is 2.43. The fourth-order valence-electron chi connectivity index (χ4n) is 4.30. The monoisotopic (exact) mass is 296 g/mol. The highest BCUT2D eigenvalue weighted by Gasteiger charge is 2.30. The Morgan fingerprint density at radius 2 is 1.45 bits per heavy atom. The molecule has 0 bridgehead atoms. The van der Waals surface area contributed by atoms with Crippen molar-refractivity contribution in [2.24, 2.45) is 11.8 Å². The Hall–Kier alpha value is -0.780. The summed E-state index contributed by atoms with van der Waals surface area (Å²) in [5.74, 6) is 5.71. The van der Waals surface area contributed by atoms with Gasteiger partial charge in [-0.15, -0.1) is 0 Å². The summed E-state index contributed by atoms with van der Waals surface area (Å²) in [7, 11) is 0. The molecule has 3 rings (SSSR count). The van der Waals surface area contributed by atoms with Gasteiger partial charge in [-0.25, -0.2) is 0 Å². The van der Waals surface area contributed by atoms with Crippen molar-refractivity contribution in [1.29, 1.82) is 0 Å². The highest BCUT2D eigenvalue weighted by molar-refractivity contribution is 5.22. The molecule has 22 heavy (non-hydrogen) atoms. The third-order valence-electron chi connectivity index (χ3n) is 6.07. The molecule has 2 aliphatic rings. The smallest absolute Gasteiger partial charge is 0.0210 e. The van der Waals surface area contributed by atoms with Crippen molar-refractivity contribution >= 4 is 0 Å². The van der Waals surface area contributed by atoms with Crippen molar-refractivity contribution in [2.45, 2.75) is 78.1 Å². The molecule has 0 N–H and O–H groups in total. The third kappa shape index (κ3) is 4.37. The second kappa shape index (κ2) is 7.66. The first-order chi connectivity index (χ1) is 10.7. The minimum absolute atomic E-state index is 0.968. The summed E-state index contributed by atoms with van der Waals surface area (Å²) < 4.78 is 0. The van der Waals surface area contributed by atoms with E-state index in [4.69, 9.17) is 0 Å². The highest BCUT2D eigenvalue weighted by Crippen LogP contribution is 2.43. The van der Waals surface area contributed by atoms with E-state index in [-0.39, 0.29) is 0 Å². The summed E-state index contributed by atoms with van der Waals surface area (Å²) in [6, 6.07) is 9.11. The predicted molar refractivity (Wildman–Crippen MR) is 95.6 cm³/mol. The van der Waals surface area contributed by atoms with E-state index in [0.29, 0.717) is 0 Å². The Kier molecular flexibility index (Phi) is 5.61. The van der Waals surface area contributed by atoms with Crippen LogP contribution in [0.25, 0.3) is 0 Å². The van der Waals surface area contributed by atoms with Crippen LogP contribution in [0.2, 0.25) is 0 Å². The van der Waals surface area contributed by atoms with E-state index >= 15 is 0 Å². The van der Waals surface area contributed by atoms with Crippen LogP contribution in [0.4, 0.5) is 0 Å². The van der Waals surface area contributed by atoms with Gasteiger partial charge in [-0.3, -0.25) is 0 Å². The molecule has 0 amide bonds. The maximum absolute atomic E-state index is 2.43. The summed E-state index contributed by atoms with van der Waals surface area (Å²) in [6.45, 7) is 4.60. The van der Waals surface area contributed by atoms with Gasteiger partial charge in [-0.1, -0.05) is 49.6 Å². The molecule has 0 aromatic heterocycles. The average Bonchev–Trinajstić information content (AvgIpc) is 2.56. The van der Waals surface area contributed by atoms with Crippen LogP contribution in [-0.4, -0.2) is 0 Å². The van der Waals surface area contributed by atoms with Crippen LogP contribution in [0.5, 0.6) is 0 Å². The molecule has 2 fully saturated rings. The normalized spacial score (nSPS) is 23.0. The summed E-state index contributed by atoms with van der Waals surface area (Å²) in [5, 5.41) is 0. The molecule has 0 nitrogen and oxygen atoms in total. The lowest BCUT2D eigenvalue weighted by Gasteiger charge is -2.36. The van der Waals surface area contributed by atoms with E-state index in [9.17, 15) is 0 Å². The van der Waals surface area contributed by atoms with E-state index < -0.39 is 0 Å². The molecule has 1 aromatic carbocycles. The minimum atomic E-state index is 0.968. The van der Waals surface area contributed by atoms with Gasteiger partial charge in [0.05, 0.1) is 0 Å². The maximum Gasteiger partial charge on any atom is -0.0210 e. The van der Waals surface area contributed by atoms with Crippen LogP contribution in [-0.2, 0) is 6.42 Å². The Morgan fingerprint density at radius 3 is 2.09 bits per heavy atom. The van der Waals surface area contributed by atoms with Gasteiger partial charge in [0, 0.05) is 0 Å². The van der Waals surface area contributed by atoms with Crippen molar-refractivity contribution in [1.82, 2.24) is 0 Å². The lowest BCUT2D eigenvalue weighted by atomic mass is 9.69. The van der Waals surface area contributed by atoms with E-state index in [1.165, 1.54) is 75.3 Å². The van der Waals surface area contributed by atoms with Gasteiger partial charge in [-0.05, 0) is 87.5 Å². The quantitative estimate of drug-likeness (QED) is 0.596. The van der Waals surface area contributed by atoms with Crippen LogP contribution in [0.3, 0.4) is 0 Å². The minimum Gasteiger partial charge on any atom is -0.0625 e. The zero-order chi connectivity index (χ0) is 15.4. The molecular formula is C22H32. The first-order valence-corrected chi connectivity index (χ1v) is 9.44. The van der Waals surface area contributed by atoms with E-state index in [0.717, 1.165) is 11.8 Å². The fraction of sp³-hybridized carbons (Fsp3) is 0.636. The van der Waals surface area contributed by atoms with Crippen molar-refractivity contribution in [3.05, 3.63) is 47.2 Å². The molecule has 2 aliphatic carbocycles. The second-order valence-corrected chi connectivity index (χ2v) is 7.85. The van der Waals surface area contributed by atoms with Gasteiger partial charge in [0.25, 0.3) is 0 Å². The Morgan fingerprint density at radius 1 is 0.818 bits per heavy atom. The number of aryl methyl sites for hydroxylation is 2. The zero-order valence-corrected chi connectivity index (χ0v) is 14.5. The second-order valence-electron chi connectivity index (χ2n) is 7.85. The van der Waals surface area contributed by atoms with Gasteiger partial charge in [0.2, 0.25) is 0 Å². The molecule has 0 spiro atoms. The van der Waals surface area contributed by atoms with Crippen LogP contribution in [0.1, 0.15) is 75.8 Å². The molecule has 0 heterocycles. The predicted octanol–water partition coefficient (Wildman–Crippen LogP) is 6.48. The lowest BCUT2D eigenvalue weighted by Crippen LogP contribution is -2.23. The van der Waals surface area contributed by atoms with Crippen LogP contribution >= 0.6 is 0 Å². The first-order valence-electron chi connectivity index (χ1n) is 9.44. The average molecular weight is 296 g/mol. The van der Waals surface area contributed by atoms with Gasteiger partial charge in [0.15, 0.2) is 0 Å². The lowest BCUT2D eigenvalue weighted by molar-refractivity contribution is 0.300. The summed E-state index contributed by atoms with van der Waals surface area (Å²) in [6.07, 6.45) is 14.0. The molecule has 2 saturated carbocycles. The molecule has 1 aromatic rings. The zero-order valence-electron chi connectivity index (χ0n) is 14.5. The molecule has 120 valence electrons. The largest absolute Gasteiger partial charge is 0.0625 e. The molecule has 0 heteroatoms. The van der Waals surface area contributed by atoms with E-state index in [1.807, 2.05) is 11.8 Å². The summed E-state index contributed by atoms with van der Waals surface area (Å²) in [4.78, 5) is 0. The standard InChI is InChI=1S/C22H32/c1-17-3-7-19(8-4-17)9-10-20-11-15-22(16-12-20)21-13-5-18(2)6-14-21/h3-4,7-8,18,22H,5-6,9-16H2,1-2H3. The number of hydrogen-bond donors (Lipinski definition) is 0. The van der Waals surface area contributed by atoms with E-state index in [2.05, 4.69) is 38.1 Å². The summed E-state index contributed by atoms with van der Waals surface area (Å²) >= 11 is 0. The van der Waals surface area contributed by atoms with Crippen LogP contribution in [0.15, 0.2) is 24.3 Å². The Labute approximate surface area is 137 Å². The molecule has 2 radical (unpaired) electrons. The van der Waals surface area contributed by atoms with Gasteiger partial charge >= 0.3 is 0 Å². The number of hydrogen-bond acceptors (Lipinski definition) is 0. The van der Waals surface area contributed by atoms with Crippen molar-refractivity contribution in [3.8, 4) is 0 Å². The summed E-state index contributed by atoms with van der Waals surface area (Å²) in [5.41, 5.74) is 2.88. The number of benzene rings is 1. The fourth-order valence-corrected chi connectivity index (χ4v) is 4.30. The first kappa shape index (κ1) is 16.1. The van der Waals surface area contributed by atoms with Gasteiger partial charge in [-0.2, -0.15) is 0 Å².